The summed E-state index contributed by atoms with van der Waals surface area (Å²) in [5.41, 5.74) is 0. The molecule has 0 bridgehead atoms. The van der Waals surface area contributed by atoms with E-state index in [1.165, 1.54) is 57.3 Å². The van der Waals surface area contributed by atoms with Crippen molar-refractivity contribution in [3.63, 3.8) is 0 Å². The molecule has 1 aliphatic carbocycles. The Balaban J connectivity index is 0.000000191. The van der Waals surface area contributed by atoms with Crippen molar-refractivity contribution in [1.29, 1.82) is 0 Å². The molecule has 1 aromatic heterocycles. The van der Waals surface area contributed by atoms with Gasteiger partial charge in [-0.15, -0.1) is 0 Å². The molecule has 4 nitrogen and oxygen atoms in total. The van der Waals surface area contributed by atoms with Gasteiger partial charge in [-0.2, -0.15) is 0 Å². The molecule has 2 fully saturated rings. The average molecular weight is 372 g/mol. The number of carbonyl (C=O) groups excluding carboxylic acids is 1. The zero-order valence-electron chi connectivity index (χ0n) is 15.2. The van der Waals surface area contributed by atoms with Gasteiger partial charge < -0.3 is 10.6 Å². The molecule has 142 valence electrons. The highest BCUT2D eigenvalue weighted by Gasteiger charge is 2.11. The lowest BCUT2D eigenvalue weighted by molar-refractivity contribution is -0.122. The van der Waals surface area contributed by atoms with Gasteiger partial charge in [-0.1, -0.05) is 43.7 Å². The van der Waals surface area contributed by atoms with E-state index in [1.54, 1.807) is 0 Å². The Morgan fingerprint density at radius 3 is 2.44 bits per heavy atom. The zero-order chi connectivity index (χ0) is 18.3. The Labute approximate surface area is 155 Å². The van der Waals surface area contributed by atoms with E-state index in [2.05, 4.69) is 15.6 Å². The van der Waals surface area contributed by atoms with Gasteiger partial charge in [0.1, 0.15) is 5.82 Å². The fraction of sp³-hybridized carbons (Fsp3) is 0.684. The molecule has 2 heterocycles. The lowest BCUT2D eigenvalue weighted by Crippen LogP contribution is -2.28. The summed E-state index contributed by atoms with van der Waals surface area (Å²) < 4.78 is 12.0. The van der Waals surface area contributed by atoms with E-state index in [0.29, 0.717) is 5.02 Å². The zero-order valence-corrected chi connectivity index (χ0v) is 16.0. The third kappa shape index (κ3) is 11.9. The van der Waals surface area contributed by atoms with Crippen LogP contribution < -0.4 is 10.6 Å². The topological polar surface area (TPSA) is 54.0 Å². The summed E-state index contributed by atoms with van der Waals surface area (Å²) in [4.78, 5) is 13.8. The van der Waals surface area contributed by atoms with Crippen molar-refractivity contribution >= 4 is 17.5 Å². The van der Waals surface area contributed by atoms with Crippen LogP contribution in [-0.2, 0) is 4.79 Å². The van der Waals surface area contributed by atoms with Crippen LogP contribution in [0.4, 0.5) is 4.39 Å². The lowest BCUT2D eigenvalue weighted by atomic mass is 9.87. The molecule has 3 rings (SSSR count). The molecule has 0 spiro atoms. The van der Waals surface area contributed by atoms with Gasteiger partial charge in [-0.25, -0.2) is 4.39 Å². The smallest absolute Gasteiger partial charge is 0.219 e. The van der Waals surface area contributed by atoms with Gasteiger partial charge in [0.15, 0.2) is 0 Å². The van der Waals surface area contributed by atoms with E-state index in [-0.39, 0.29) is 5.91 Å². The second-order valence-electron chi connectivity index (χ2n) is 6.52. The molecule has 6 heteroatoms. The molecule has 0 unspecified atom stereocenters. The van der Waals surface area contributed by atoms with Crippen molar-refractivity contribution in [2.75, 3.05) is 20.1 Å². The third-order valence-electron chi connectivity index (χ3n) is 4.35. The fourth-order valence-electron chi connectivity index (χ4n) is 2.94. The maximum absolute atomic E-state index is 12.0. The molecular formula is C19H31ClFN3O. The highest BCUT2D eigenvalue weighted by atomic mass is 35.5. The number of halogens is 2. The summed E-state index contributed by atoms with van der Waals surface area (Å²) in [6.07, 6.45) is 14.3. The monoisotopic (exact) mass is 371 g/mol. The molecule has 2 N–H and O–H groups in total. The first-order chi connectivity index (χ1) is 12.1. The van der Waals surface area contributed by atoms with Gasteiger partial charge in [0.05, 0.1) is 11.2 Å². The van der Waals surface area contributed by atoms with Crippen LogP contribution in [0.25, 0.3) is 0 Å². The van der Waals surface area contributed by atoms with E-state index >= 15 is 0 Å². The predicted octanol–water partition coefficient (Wildman–Crippen LogP) is 4.34. The SMILES string of the molecule is CNCCC1CCCCC1.Fc1cncc(Cl)c1.O=C1CCCCN1. The predicted molar refractivity (Wildman–Crippen MR) is 101 cm³/mol. The second kappa shape index (κ2) is 14.0. The van der Waals surface area contributed by atoms with Gasteiger partial charge >= 0.3 is 0 Å². The molecule has 0 aromatic carbocycles. The summed E-state index contributed by atoms with van der Waals surface area (Å²) in [6.45, 7) is 2.10. The summed E-state index contributed by atoms with van der Waals surface area (Å²) in [5.74, 6) is 0.852. The number of hydrogen-bond acceptors (Lipinski definition) is 3. The van der Waals surface area contributed by atoms with Crippen molar-refractivity contribution in [1.82, 2.24) is 15.6 Å². The maximum Gasteiger partial charge on any atom is 0.219 e. The van der Waals surface area contributed by atoms with Gasteiger partial charge in [-0.3, -0.25) is 9.78 Å². The second-order valence-corrected chi connectivity index (χ2v) is 6.96. The first kappa shape index (κ1) is 21.8. The summed E-state index contributed by atoms with van der Waals surface area (Å²) in [7, 11) is 2.04. The number of hydrogen-bond donors (Lipinski definition) is 2. The van der Waals surface area contributed by atoms with Crippen molar-refractivity contribution in [3.05, 3.63) is 29.3 Å². The molecule has 1 aliphatic heterocycles. The van der Waals surface area contributed by atoms with E-state index in [4.69, 9.17) is 11.6 Å². The minimum Gasteiger partial charge on any atom is -0.356 e. The standard InChI is InChI=1S/C9H19N.C5H3ClFN.C5H9NO/c1-10-8-7-9-5-3-2-4-6-9;6-4-1-5(7)3-8-2-4;7-5-3-1-2-4-6-5/h9-10H,2-8H2,1H3;1-3H;1-4H2,(H,6,7). The van der Waals surface area contributed by atoms with Crippen LogP contribution >= 0.6 is 11.6 Å². The van der Waals surface area contributed by atoms with Crippen LogP contribution in [0.5, 0.6) is 0 Å². The number of aromatic nitrogens is 1. The first-order valence-corrected chi connectivity index (χ1v) is 9.67. The summed E-state index contributed by atoms with van der Waals surface area (Å²) in [5, 5.41) is 6.28. The molecule has 2 aliphatic rings. The van der Waals surface area contributed by atoms with Crippen LogP contribution in [0, 0.1) is 11.7 Å². The number of nitrogens with one attached hydrogen (secondary N) is 2. The van der Waals surface area contributed by atoms with Crippen LogP contribution in [0.1, 0.15) is 57.8 Å². The molecule has 1 amide bonds. The van der Waals surface area contributed by atoms with Crippen LogP contribution in [0.15, 0.2) is 18.5 Å². The Kier molecular flexibility index (Phi) is 12.2. The van der Waals surface area contributed by atoms with E-state index in [9.17, 15) is 9.18 Å². The third-order valence-corrected chi connectivity index (χ3v) is 4.56. The number of rotatable bonds is 3. The van der Waals surface area contributed by atoms with E-state index < -0.39 is 5.82 Å². The van der Waals surface area contributed by atoms with Crippen molar-refractivity contribution in [3.8, 4) is 0 Å². The summed E-state index contributed by atoms with van der Waals surface area (Å²) in [6, 6.07) is 1.20. The highest BCUT2D eigenvalue weighted by Crippen LogP contribution is 2.25. The van der Waals surface area contributed by atoms with Crippen LogP contribution in [-0.4, -0.2) is 31.0 Å². The van der Waals surface area contributed by atoms with E-state index in [0.717, 1.165) is 37.9 Å². The molecule has 1 saturated heterocycles. The Bertz CT molecular complexity index is 456. The van der Waals surface area contributed by atoms with Gasteiger partial charge in [-0.05, 0) is 44.8 Å². The molecule has 1 aromatic rings. The molecule has 0 radical (unpaired) electrons. The number of carbonyl (C=O) groups is 1. The van der Waals surface area contributed by atoms with Crippen LogP contribution in [0.2, 0.25) is 5.02 Å². The van der Waals surface area contributed by atoms with Gasteiger partial charge in [0.2, 0.25) is 5.91 Å². The van der Waals surface area contributed by atoms with E-state index in [1.807, 2.05) is 7.05 Å². The minimum atomic E-state index is -0.405. The normalized spacial score (nSPS) is 17.5. The molecular weight excluding hydrogens is 341 g/mol. The number of pyridine rings is 1. The average Bonchev–Trinajstić information content (AvgIpc) is 2.62. The van der Waals surface area contributed by atoms with Crippen LogP contribution in [0.3, 0.4) is 0 Å². The number of amides is 1. The van der Waals surface area contributed by atoms with Gasteiger partial charge in [0, 0.05) is 19.2 Å². The lowest BCUT2D eigenvalue weighted by Gasteiger charge is -2.20. The highest BCUT2D eigenvalue weighted by molar-refractivity contribution is 6.30. The Morgan fingerprint density at radius 1 is 1.24 bits per heavy atom. The maximum atomic E-state index is 12.0. The Hall–Kier alpha value is -1.20. The number of nitrogens with zero attached hydrogens (tertiary/aromatic N) is 1. The molecule has 1 saturated carbocycles. The van der Waals surface area contributed by atoms with Crippen molar-refractivity contribution < 1.29 is 9.18 Å². The minimum absolute atomic E-state index is 0.214. The quantitative estimate of drug-likeness (QED) is 0.831. The van der Waals surface area contributed by atoms with Gasteiger partial charge in [0.25, 0.3) is 0 Å². The largest absolute Gasteiger partial charge is 0.356 e. The first-order valence-electron chi connectivity index (χ1n) is 9.29. The number of piperidine rings is 1. The fourth-order valence-corrected chi connectivity index (χ4v) is 3.10. The summed E-state index contributed by atoms with van der Waals surface area (Å²) >= 11 is 5.34. The van der Waals surface area contributed by atoms with Crippen molar-refractivity contribution in [2.24, 2.45) is 5.92 Å². The van der Waals surface area contributed by atoms with Crippen molar-refractivity contribution in [2.45, 2.75) is 57.8 Å². The molecule has 0 atom stereocenters. The Morgan fingerprint density at radius 2 is 2.00 bits per heavy atom. The molecule has 25 heavy (non-hydrogen) atoms.